The van der Waals surface area contributed by atoms with Gasteiger partial charge in [-0.05, 0) is 38.2 Å². The lowest BCUT2D eigenvalue weighted by Gasteiger charge is -2.26. The molecule has 112 valence electrons. The van der Waals surface area contributed by atoms with Gasteiger partial charge < -0.3 is 10.2 Å². The molecular weight excluding hydrogens is 280 g/mol. The minimum Gasteiger partial charge on any atom is -0.352 e. The van der Waals surface area contributed by atoms with Crippen molar-refractivity contribution in [3.8, 4) is 0 Å². The first-order chi connectivity index (χ1) is 10.3. The van der Waals surface area contributed by atoms with E-state index in [9.17, 15) is 0 Å². The van der Waals surface area contributed by atoms with Gasteiger partial charge in [0.1, 0.15) is 17.0 Å². The number of rotatable bonds is 5. The molecule has 1 aliphatic heterocycles. The van der Waals surface area contributed by atoms with Crippen LogP contribution >= 0.6 is 11.3 Å². The van der Waals surface area contributed by atoms with Gasteiger partial charge in [-0.25, -0.2) is 9.97 Å². The number of thiophene rings is 1. The van der Waals surface area contributed by atoms with Crippen LogP contribution in [0.4, 0.5) is 5.82 Å². The first-order valence-corrected chi connectivity index (χ1v) is 8.90. The Balaban J connectivity index is 1.62. The van der Waals surface area contributed by atoms with Crippen molar-refractivity contribution in [3.63, 3.8) is 0 Å². The third-order valence-corrected chi connectivity index (χ3v) is 5.76. The molecule has 0 spiro atoms. The molecule has 1 aliphatic carbocycles. The van der Waals surface area contributed by atoms with Crippen LogP contribution in [-0.2, 0) is 6.42 Å². The maximum atomic E-state index is 4.62. The number of anilines is 1. The van der Waals surface area contributed by atoms with E-state index in [1.165, 1.54) is 35.9 Å². The Morgan fingerprint density at radius 3 is 3.05 bits per heavy atom. The molecule has 2 fully saturated rings. The van der Waals surface area contributed by atoms with E-state index >= 15 is 0 Å². The lowest BCUT2D eigenvalue weighted by atomic mass is 10.2. The molecule has 2 aromatic rings. The van der Waals surface area contributed by atoms with E-state index in [4.69, 9.17) is 0 Å². The average molecular weight is 302 g/mol. The van der Waals surface area contributed by atoms with Crippen LogP contribution in [0.25, 0.3) is 10.2 Å². The summed E-state index contributed by atoms with van der Waals surface area (Å²) < 4.78 is 0. The molecule has 1 saturated carbocycles. The van der Waals surface area contributed by atoms with Crippen LogP contribution in [-0.4, -0.2) is 35.1 Å². The third-order valence-electron chi connectivity index (χ3n) is 4.58. The fourth-order valence-corrected chi connectivity index (χ4v) is 4.14. The molecule has 4 rings (SSSR count). The van der Waals surface area contributed by atoms with Crippen molar-refractivity contribution >= 4 is 27.4 Å². The Kier molecular flexibility index (Phi) is 3.55. The highest BCUT2D eigenvalue weighted by Crippen LogP contribution is 2.34. The predicted octanol–water partition coefficient (Wildman–Crippen LogP) is 2.97. The van der Waals surface area contributed by atoms with Gasteiger partial charge in [-0.1, -0.05) is 6.92 Å². The molecule has 2 aromatic heterocycles. The maximum absolute atomic E-state index is 4.62. The van der Waals surface area contributed by atoms with Crippen molar-refractivity contribution in [2.45, 2.75) is 51.1 Å². The van der Waals surface area contributed by atoms with Crippen molar-refractivity contribution in [1.29, 1.82) is 0 Å². The number of aromatic nitrogens is 2. The summed E-state index contributed by atoms with van der Waals surface area (Å²) in [6, 6.07) is 3.67. The van der Waals surface area contributed by atoms with Crippen molar-refractivity contribution in [3.05, 3.63) is 17.3 Å². The second-order valence-corrected chi connectivity index (χ2v) is 7.27. The monoisotopic (exact) mass is 302 g/mol. The third kappa shape index (κ3) is 2.64. The number of nitrogens with one attached hydrogen (secondary N) is 1. The van der Waals surface area contributed by atoms with Gasteiger partial charge in [0.2, 0.25) is 0 Å². The van der Waals surface area contributed by atoms with Crippen molar-refractivity contribution < 1.29 is 0 Å². The van der Waals surface area contributed by atoms with Gasteiger partial charge in [0.25, 0.3) is 0 Å². The number of hydrogen-bond donors (Lipinski definition) is 1. The van der Waals surface area contributed by atoms with Crippen LogP contribution in [0.3, 0.4) is 0 Å². The summed E-state index contributed by atoms with van der Waals surface area (Å²) in [5.41, 5.74) is 0. The van der Waals surface area contributed by atoms with Crippen LogP contribution in [0.2, 0.25) is 0 Å². The first kappa shape index (κ1) is 13.5. The fraction of sp³-hybridized carbons (Fsp3) is 0.625. The molecule has 1 saturated heterocycles. The zero-order valence-electron chi connectivity index (χ0n) is 12.5. The van der Waals surface area contributed by atoms with Gasteiger partial charge in [-0.15, -0.1) is 11.3 Å². The van der Waals surface area contributed by atoms with Crippen LogP contribution < -0.4 is 10.2 Å². The second kappa shape index (κ2) is 5.54. The summed E-state index contributed by atoms with van der Waals surface area (Å²) in [6.07, 6.45) is 8.07. The highest BCUT2D eigenvalue weighted by Gasteiger charge is 2.29. The normalized spacial score (nSPS) is 22.3. The van der Waals surface area contributed by atoms with Crippen LogP contribution in [0, 0.1) is 0 Å². The van der Waals surface area contributed by atoms with Crippen LogP contribution in [0.5, 0.6) is 0 Å². The number of hydrogen-bond acceptors (Lipinski definition) is 5. The molecule has 2 aliphatic rings. The van der Waals surface area contributed by atoms with E-state index in [1.807, 2.05) is 0 Å². The molecule has 4 nitrogen and oxygen atoms in total. The van der Waals surface area contributed by atoms with Crippen LogP contribution in [0.15, 0.2) is 12.4 Å². The molecule has 0 aromatic carbocycles. The molecular formula is C16H22N4S. The fourth-order valence-electron chi connectivity index (χ4n) is 3.21. The maximum Gasteiger partial charge on any atom is 0.141 e. The summed E-state index contributed by atoms with van der Waals surface area (Å²) >= 11 is 1.81. The highest BCUT2D eigenvalue weighted by atomic mass is 32.1. The van der Waals surface area contributed by atoms with Crippen molar-refractivity contribution in [2.24, 2.45) is 0 Å². The Morgan fingerprint density at radius 1 is 1.33 bits per heavy atom. The number of aryl methyl sites for hydroxylation is 1. The minimum atomic E-state index is 0.591. The standard InChI is InChI=1S/C16H22N4S/c1-2-13-8-14-15(18-10-19-16(14)21-13)20-7-3-4-12(20)9-17-11-5-6-11/h8,10-12,17H,2-7,9H2,1H3. The van der Waals surface area contributed by atoms with Gasteiger partial charge in [-0.3, -0.25) is 0 Å². The Labute approximate surface area is 129 Å². The minimum absolute atomic E-state index is 0.591. The summed E-state index contributed by atoms with van der Waals surface area (Å²) in [5.74, 6) is 1.15. The lowest BCUT2D eigenvalue weighted by molar-refractivity contribution is 0.569. The van der Waals surface area contributed by atoms with E-state index < -0.39 is 0 Å². The Hall–Kier alpha value is -1.20. The first-order valence-electron chi connectivity index (χ1n) is 8.08. The van der Waals surface area contributed by atoms with E-state index in [0.717, 1.165) is 36.2 Å². The smallest absolute Gasteiger partial charge is 0.141 e. The van der Waals surface area contributed by atoms with Gasteiger partial charge >= 0.3 is 0 Å². The van der Waals surface area contributed by atoms with E-state index in [-0.39, 0.29) is 0 Å². The van der Waals surface area contributed by atoms with Crippen molar-refractivity contribution in [2.75, 3.05) is 18.0 Å². The Bertz CT molecular complexity index is 634. The molecule has 1 N–H and O–H groups in total. The zero-order valence-corrected chi connectivity index (χ0v) is 13.3. The van der Waals surface area contributed by atoms with Gasteiger partial charge in [0.05, 0.1) is 5.39 Å². The van der Waals surface area contributed by atoms with Crippen molar-refractivity contribution in [1.82, 2.24) is 15.3 Å². The molecule has 0 radical (unpaired) electrons. The summed E-state index contributed by atoms with van der Waals surface area (Å²) in [7, 11) is 0. The van der Waals surface area contributed by atoms with E-state index in [0.29, 0.717) is 6.04 Å². The molecule has 0 bridgehead atoms. The average Bonchev–Trinajstić information content (AvgIpc) is 3.06. The molecule has 3 heterocycles. The van der Waals surface area contributed by atoms with Gasteiger partial charge in [0, 0.05) is 30.1 Å². The number of fused-ring (bicyclic) bond motifs is 1. The van der Waals surface area contributed by atoms with Gasteiger partial charge in [0.15, 0.2) is 0 Å². The quantitative estimate of drug-likeness (QED) is 0.922. The molecule has 21 heavy (non-hydrogen) atoms. The SMILES string of the molecule is CCc1cc2c(N3CCCC3CNC3CC3)ncnc2s1. The van der Waals surface area contributed by atoms with Gasteiger partial charge in [-0.2, -0.15) is 0 Å². The highest BCUT2D eigenvalue weighted by molar-refractivity contribution is 7.18. The summed E-state index contributed by atoms with van der Waals surface area (Å²) in [5, 5.41) is 4.93. The summed E-state index contributed by atoms with van der Waals surface area (Å²) in [6.45, 7) is 4.43. The lowest BCUT2D eigenvalue weighted by Crippen LogP contribution is -2.39. The van der Waals surface area contributed by atoms with E-state index in [2.05, 4.69) is 33.2 Å². The molecule has 5 heteroatoms. The largest absolute Gasteiger partial charge is 0.352 e. The second-order valence-electron chi connectivity index (χ2n) is 6.15. The van der Waals surface area contributed by atoms with E-state index in [1.54, 1.807) is 17.7 Å². The molecule has 0 amide bonds. The summed E-state index contributed by atoms with van der Waals surface area (Å²) in [4.78, 5) is 14.1. The topological polar surface area (TPSA) is 41.0 Å². The molecule has 1 unspecified atom stereocenters. The van der Waals surface area contributed by atoms with Crippen LogP contribution in [0.1, 0.15) is 37.5 Å². The zero-order chi connectivity index (χ0) is 14.2. The Morgan fingerprint density at radius 2 is 2.24 bits per heavy atom. The molecule has 1 atom stereocenters. The number of nitrogens with zero attached hydrogens (tertiary/aromatic N) is 3. The predicted molar refractivity (Wildman–Crippen MR) is 88.2 cm³/mol.